The van der Waals surface area contributed by atoms with E-state index in [-0.39, 0.29) is 11.9 Å². The number of rotatable bonds is 5. The Balaban J connectivity index is 2.22. The van der Waals surface area contributed by atoms with Crippen molar-refractivity contribution in [3.8, 4) is 0 Å². The first kappa shape index (κ1) is 14.2. The summed E-state index contributed by atoms with van der Waals surface area (Å²) in [6, 6.07) is 5.75. The molecule has 104 valence electrons. The molecule has 0 aliphatic carbocycles. The number of hydrogen-bond acceptors (Lipinski definition) is 2. The van der Waals surface area contributed by atoms with E-state index in [2.05, 4.69) is 16.8 Å². The standard InChI is InChI=1S/C16H23FN2/c1-3-4-5-16(19-10-8-18-9-11-19)14-7-6-13(2)12-15(14)17/h3,6-7,12,16,18H,1,4-5,8-11H2,2H3/t16-/m0/s1. The normalized spacial score (nSPS) is 18.2. The quantitative estimate of drug-likeness (QED) is 0.821. The second-order valence-electron chi connectivity index (χ2n) is 5.19. The van der Waals surface area contributed by atoms with E-state index in [1.807, 2.05) is 25.1 Å². The van der Waals surface area contributed by atoms with Crippen LogP contribution in [0.5, 0.6) is 0 Å². The summed E-state index contributed by atoms with van der Waals surface area (Å²) in [5, 5.41) is 3.35. The van der Waals surface area contributed by atoms with E-state index in [1.165, 1.54) is 0 Å². The van der Waals surface area contributed by atoms with Crippen LogP contribution in [0.15, 0.2) is 30.9 Å². The molecule has 3 heteroatoms. The number of nitrogens with zero attached hydrogens (tertiary/aromatic N) is 1. The summed E-state index contributed by atoms with van der Waals surface area (Å²) in [5.41, 5.74) is 1.80. The predicted molar refractivity (Wildman–Crippen MR) is 77.8 cm³/mol. The summed E-state index contributed by atoms with van der Waals surface area (Å²) < 4.78 is 14.2. The van der Waals surface area contributed by atoms with Crippen molar-refractivity contribution < 1.29 is 4.39 Å². The molecular formula is C16H23FN2. The lowest BCUT2D eigenvalue weighted by Crippen LogP contribution is -2.45. The second-order valence-corrected chi connectivity index (χ2v) is 5.19. The van der Waals surface area contributed by atoms with Crippen molar-refractivity contribution in [3.63, 3.8) is 0 Å². The van der Waals surface area contributed by atoms with Crippen molar-refractivity contribution in [2.24, 2.45) is 0 Å². The monoisotopic (exact) mass is 262 g/mol. The van der Waals surface area contributed by atoms with Crippen molar-refractivity contribution in [1.29, 1.82) is 0 Å². The van der Waals surface area contributed by atoms with Gasteiger partial charge in [0.15, 0.2) is 0 Å². The van der Waals surface area contributed by atoms with Gasteiger partial charge >= 0.3 is 0 Å². The van der Waals surface area contributed by atoms with Gasteiger partial charge in [-0.3, -0.25) is 4.90 Å². The maximum atomic E-state index is 14.2. The van der Waals surface area contributed by atoms with E-state index in [4.69, 9.17) is 0 Å². The van der Waals surface area contributed by atoms with Crippen LogP contribution in [0.25, 0.3) is 0 Å². The minimum Gasteiger partial charge on any atom is -0.314 e. The number of benzene rings is 1. The number of nitrogens with one attached hydrogen (secondary N) is 1. The van der Waals surface area contributed by atoms with Crippen LogP contribution in [-0.4, -0.2) is 31.1 Å². The van der Waals surface area contributed by atoms with Gasteiger partial charge in [0, 0.05) is 37.8 Å². The zero-order valence-corrected chi connectivity index (χ0v) is 11.7. The van der Waals surface area contributed by atoms with Crippen LogP contribution in [0.2, 0.25) is 0 Å². The highest BCUT2D eigenvalue weighted by Gasteiger charge is 2.23. The Morgan fingerprint density at radius 3 is 2.79 bits per heavy atom. The molecule has 1 aliphatic heterocycles. The molecule has 19 heavy (non-hydrogen) atoms. The summed E-state index contributed by atoms with van der Waals surface area (Å²) in [6.07, 6.45) is 3.77. The van der Waals surface area contributed by atoms with Gasteiger partial charge < -0.3 is 5.32 Å². The fraction of sp³-hybridized carbons (Fsp3) is 0.500. The first-order valence-electron chi connectivity index (χ1n) is 7.04. The fourth-order valence-corrected chi connectivity index (χ4v) is 2.71. The van der Waals surface area contributed by atoms with E-state index in [9.17, 15) is 4.39 Å². The highest BCUT2D eigenvalue weighted by atomic mass is 19.1. The third-order valence-corrected chi connectivity index (χ3v) is 3.75. The first-order chi connectivity index (χ1) is 9.22. The molecule has 1 aromatic rings. The molecular weight excluding hydrogens is 239 g/mol. The highest BCUT2D eigenvalue weighted by molar-refractivity contribution is 5.26. The Bertz CT molecular complexity index is 425. The van der Waals surface area contributed by atoms with Gasteiger partial charge in [-0.05, 0) is 31.4 Å². The maximum Gasteiger partial charge on any atom is 0.128 e. The van der Waals surface area contributed by atoms with E-state index >= 15 is 0 Å². The number of hydrogen-bond donors (Lipinski definition) is 1. The molecule has 1 fully saturated rings. The van der Waals surface area contributed by atoms with Gasteiger partial charge in [0.05, 0.1) is 0 Å². The first-order valence-corrected chi connectivity index (χ1v) is 7.04. The van der Waals surface area contributed by atoms with Crippen LogP contribution >= 0.6 is 0 Å². The minimum atomic E-state index is -0.0763. The zero-order valence-electron chi connectivity index (χ0n) is 11.7. The van der Waals surface area contributed by atoms with Gasteiger partial charge in [-0.25, -0.2) is 4.39 Å². The third-order valence-electron chi connectivity index (χ3n) is 3.75. The fourth-order valence-electron chi connectivity index (χ4n) is 2.71. The molecule has 2 rings (SSSR count). The van der Waals surface area contributed by atoms with Crippen molar-refractivity contribution in [2.45, 2.75) is 25.8 Å². The van der Waals surface area contributed by atoms with E-state index < -0.39 is 0 Å². The largest absolute Gasteiger partial charge is 0.314 e. The predicted octanol–water partition coefficient (Wildman–Crippen LogP) is 3.05. The summed E-state index contributed by atoms with van der Waals surface area (Å²) >= 11 is 0. The van der Waals surface area contributed by atoms with E-state index in [1.54, 1.807) is 6.07 Å². The molecule has 0 saturated carbocycles. The summed E-state index contributed by atoms with van der Waals surface area (Å²) in [5.74, 6) is -0.0763. The Morgan fingerprint density at radius 1 is 1.42 bits per heavy atom. The highest BCUT2D eigenvalue weighted by Crippen LogP contribution is 2.28. The SMILES string of the molecule is C=CCC[C@@H](c1ccc(C)cc1F)N1CCNCC1. The smallest absolute Gasteiger partial charge is 0.128 e. The number of halogens is 1. The zero-order chi connectivity index (χ0) is 13.7. The Labute approximate surface area is 115 Å². The van der Waals surface area contributed by atoms with Gasteiger partial charge in [-0.2, -0.15) is 0 Å². The lowest BCUT2D eigenvalue weighted by atomic mass is 9.98. The minimum absolute atomic E-state index is 0.0763. The summed E-state index contributed by atoms with van der Waals surface area (Å²) in [4.78, 5) is 2.38. The average molecular weight is 262 g/mol. The molecule has 1 aromatic carbocycles. The van der Waals surface area contributed by atoms with Crippen LogP contribution in [0.4, 0.5) is 4.39 Å². The van der Waals surface area contributed by atoms with Crippen LogP contribution in [0, 0.1) is 12.7 Å². The van der Waals surface area contributed by atoms with Crippen LogP contribution in [0.3, 0.4) is 0 Å². The Morgan fingerprint density at radius 2 is 2.16 bits per heavy atom. The lowest BCUT2D eigenvalue weighted by molar-refractivity contribution is 0.163. The van der Waals surface area contributed by atoms with Crippen LogP contribution in [-0.2, 0) is 0 Å². The maximum absolute atomic E-state index is 14.2. The molecule has 2 nitrogen and oxygen atoms in total. The molecule has 0 bridgehead atoms. The molecule has 1 saturated heterocycles. The van der Waals surface area contributed by atoms with Crippen molar-refractivity contribution in [2.75, 3.05) is 26.2 Å². The molecule has 1 heterocycles. The van der Waals surface area contributed by atoms with Crippen LogP contribution < -0.4 is 5.32 Å². The van der Waals surface area contributed by atoms with Gasteiger partial charge in [0.1, 0.15) is 5.82 Å². The molecule has 0 aromatic heterocycles. The van der Waals surface area contributed by atoms with Gasteiger partial charge in [0.2, 0.25) is 0 Å². The Kier molecular flexibility index (Phi) is 5.11. The third kappa shape index (κ3) is 3.64. The summed E-state index contributed by atoms with van der Waals surface area (Å²) in [7, 11) is 0. The average Bonchev–Trinajstić information content (AvgIpc) is 2.42. The Hall–Kier alpha value is -1.19. The number of aryl methyl sites for hydroxylation is 1. The summed E-state index contributed by atoms with van der Waals surface area (Å²) in [6.45, 7) is 9.64. The van der Waals surface area contributed by atoms with Gasteiger partial charge in [-0.1, -0.05) is 18.2 Å². The molecule has 0 spiro atoms. The molecule has 0 radical (unpaired) electrons. The van der Waals surface area contributed by atoms with E-state index in [0.29, 0.717) is 0 Å². The second kappa shape index (κ2) is 6.83. The van der Waals surface area contributed by atoms with Gasteiger partial charge in [0.25, 0.3) is 0 Å². The number of piperazine rings is 1. The molecule has 0 unspecified atom stereocenters. The molecule has 0 amide bonds. The van der Waals surface area contributed by atoms with E-state index in [0.717, 1.165) is 50.1 Å². The molecule has 1 aliphatic rings. The molecule has 1 N–H and O–H groups in total. The van der Waals surface area contributed by atoms with Crippen molar-refractivity contribution >= 4 is 0 Å². The van der Waals surface area contributed by atoms with Crippen LogP contribution in [0.1, 0.15) is 30.0 Å². The lowest BCUT2D eigenvalue weighted by Gasteiger charge is -2.35. The van der Waals surface area contributed by atoms with Crippen molar-refractivity contribution in [1.82, 2.24) is 10.2 Å². The van der Waals surface area contributed by atoms with Crippen molar-refractivity contribution in [3.05, 3.63) is 47.8 Å². The molecule has 1 atom stereocenters. The number of allylic oxidation sites excluding steroid dienone is 1. The van der Waals surface area contributed by atoms with Gasteiger partial charge in [-0.15, -0.1) is 6.58 Å². The topological polar surface area (TPSA) is 15.3 Å².